The summed E-state index contributed by atoms with van der Waals surface area (Å²) in [5.41, 5.74) is 4.52. The third kappa shape index (κ3) is 2.69. The Morgan fingerprint density at radius 2 is 2.29 bits per heavy atom. The van der Waals surface area contributed by atoms with E-state index in [9.17, 15) is 9.90 Å². The van der Waals surface area contributed by atoms with Crippen molar-refractivity contribution < 1.29 is 9.90 Å². The number of hydrogen-bond donors (Lipinski definition) is 2. The molecule has 3 N–H and O–H groups in total. The van der Waals surface area contributed by atoms with Gasteiger partial charge in [0, 0.05) is 19.5 Å². The van der Waals surface area contributed by atoms with E-state index in [-0.39, 0.29) is 11.9 Å². The van der Waals surface area contributed by atoms with E-state index < -0.39 is 5.60 Å². The Morgan fingerprint density at radius 3 is 2.71 bits per heavy atom. The van der Waals surface area contributed by atoms with E-state index in [0.29, 0.717) is 18.9 Å². The van der Waals surface area contributed by atoms with Crippen LogP contribution in [0.25, 0.3) is 0 Å². The summed E-state index contributed by atoms with van der Waals surface area (Å²) in [6.45, 7) is 7.28. The van der Waals surface area contributed by atoms with Gasteiger partial charge in [0.05, 0.1) is 11.6 Å². The molecule has 4 nitrogen and oxygen atoms in total. The molecular weight excluding hydrogens is 180 g/mol. The first kappa shape index (κ1) is 11.5. The van der Waals surface area contributed by atoms with Crippen LogP contribution in [0.4, 0.5) is 0 Å². The van der Waals surface area contributed by atoms with Gasteiger partial charge in [-0.25, -0.2) is 0 Å². The summed E-state index contributed by atoms with van der Waals surface area (Å²) in [6.07, 6.45) is 0.453. The van der Waals surface area contributed by atoms with Gasteiger partial charge in [0.15, 0.2) is 0 Å². The van der Waals surface area contributed by atoms with E-state index in [2.05, 4.69) is 13.8 Å². The van der Waals surface area contributed by atoms with Crippen molar-refractivity contribution in [3.8, 4) is 0 Å². The van der Waals surface area contributed by atoms with Crippen molar-refractivity contribution >= 4 is 5.91 Å². The molecule has 0 spiro atoms. The van der Waals surface area contributed by atoms with Gasteiger partial charge in [-0.2, -0.15) is 0 Å². The molecule has 0 aliphatic carbocycles. The maximum Gasteiger partial charge on any atom is 0.234 e. The lowest BCUT2D eigenvalue weighted by Gasteiger charge is -2.23. The quantitative estimate of drug-likeness (QED) is 0.671. The Labute approximate surface area is 85.1 Å². The number of nitrogens with two attached hydrogens (primary N) is 1. The number of primary amides is 1. The van der Waals surface area contributed by atoms with Crippen molar-refractivity contribution in [2.75, 3.05) is 13.1 Å². The minimum absolute atomic E-state index is 0.299. The van der Waals surface area contributed by atoms with Crippen molar-refractivity contribution in [3.05, 3.63) is 0 Å². The summed E-state index contributed by atoms with van der Waals surface area (Å²) < 4.78 is 0. The smallest absolute Gasteiger partial charge is 0.234 e. The van der Waals surface area contributed by atoms with Crippen molar-refractivity contribution in [1.29, 1.82) is 0 Å². The number of aliphatic hydroxyl groups is 1. The van der Waals surface area contributed by atoms with Gasteiger partial charge in [0.2, 0.25) is 5.91 Å². The number of carbonyl (C=O) groups excluding carboxylic acids is 1. The van der Waals surface area contributed by atoms with Crippen LogP contribution in [-0.4, -0.2) is 40.6 Å². The van der Waals surface area contributed by atoms with Gasteiger partial charge >= 0.3 is 0 Å². The van der Waals surface area contributed by atoms with Gasteiger partial charge in [0.25, 0.3) is 0 Å². The SMILES string of the molecule is CC(C)CN1CC(C)(O)C[C@H]1C(N)=O. The first-order valence-corrected chi connectivity index (χ1v) is 5.07. The average molecular weight is 200 g/mol. The Bertz CT molecular complexity index is 226. The highest BCUT2D eigenvalue weighted by Gasteiger charge is 2.41. The highest BCUT2D eigenvalue weighted by Crippen LogP contribution is 2.27. The average Bonchev–Trinajstić information content (AvgIpc) is 2.24. The van der Waals surface area contributed by atoms with E-state index in [4.69, 9.17) is 5.73 Å². The first-order valence-electron chi connectivity index (χ1n) is 5.07. The van der Waals surface area contributed by atoms with Crippen LogP contribution in [-0.2, 0) is 4.79 Å². The predicted octanol–water partition coefficient (Wildman–Crippen LogP) is -0.0470. The fourth-order valence-electron chi connectivity index (χ4n) is 2.10. The molecule has 0 aromatic rings. The number of carbonyl (C=O) groups is 1. The Kier molecular flexibility index (Phi) is 3.17. The number of amides is 1. The molecule has 0 aromatic heterocycles. The summed E-state index contributed by atoms with van der Waals surface area (Å²) in [6, 6.07) is -0.299. The van der Waals surface area contributed by atoms with Crippen LogP contribution < -0.4 is 5.73 Å². The van der Waals surface area contributed by atoms with Crippen molar-refractivity contribution in [1.82, 2.24) is 4.90 Å². The Morgan fingerprint density at radius 1 is 1.71 bits per heavy atom. The molecule has 0 saturated carbocycles. The van der Waals surface area contributed by atoms with E-state index in [1.807, 2.05) is 4.90 Å². The molecule has 1 unspecified atom stereocenters. The molecule has 1 fully saturated rings. The zero-order chi connectivity index (χ0) is 10.9. The molecule has 0 bridgehead atoms. The number of hydrogen-bond acceptors (Lipinski definition) is 3. The van der Waals surface area contributed by atoms with Crippen molar-refractivity contribution in [3.63, 3.8) is 0 Å². The second-order valence-electron chi connectivity index (χ2n) is 4.94. The lowest BCUT2D eigenvalue weighted by Crippen LogP contribution is -2.41. The molecular formula is C10H20N2O2. The highest BCUT2D eigenvalue weighted by atomic mass is 16.3. The molecule has 1 aliphatic rings. The van der Waals surface area contributed by atoms with Crippen LogP contribution >= 0.6 is 0 Å². The molecule has 1 rings (SSSR count). The molecule has 1 amide bonds. The summed E-state index contributed by atoms with van der Waals surface area (Å²) >= 11 is 0. The second-order valence-corrected chi connectivity index (χ2v) is 4.94. The van der Waals surface area contributed by atoms with Crippen LogP contribution in [0.5, 0.6) is 0 Å². The van der Waals surface area contributed by atoms with Crippen LogP contribution in [0.15, 0.2) is 0 Å². The molecule has 1 saturated heterocycles. The Hall–Kier alpha value is -0.610. The lowest BCUT2D eigenvalue weighted by molar-refractivity contribution is -0.122. The summed E-state index contributed by atoms with van der Waals surface area (Å²) in [5, 5.41) is 9.85. The van der Waals surface area contributed by atoms with E-state index in [0.717, 1.165) is 6.54 Å². The summed E-state index contributed by atoms with van der Waals surface area (Å²) in [7, 11) is 0. The van der Waals surface area contributed by atoms with Gasteiger partial charge in [-0.3, -0.25) is 9.69 Å². The van der Waals surface area contributed by atoms with Crippen LogP contribution in [0.2, 0.25) is 0 Å². The molecule has 82 valence electrons. The fourth-order valence-corrected chi connectivity index (χ4v) is 2.10. The van der Waals surface area contributed by atoms with E-state index in [1.165, 1.54) is 0 Å². The zero-order valence-corrected chi connectivity index (χ0v) is 9.16. The van der Waals surface area contributed by atoms with Crippen LogP contribution in [0, 0.1) is 5.92 Å². The maximum atomic E-state index is 11.2. The minimum atomic E-state index is -0.769. The number of likely N-dealkylation sites (tertiary alicyclic amines) is 1. The topological polar surface area (TPSA) is 66.6 Å². The van der Waals surface area contributed by atoms with Gasteiger partial charge in [-0.15, -0.1) is 0 Å². The molecule has 0 radical (unpaired) electrons. The third-order valence-corrected chi connectivity index (χ3v) is 2.55. The van der Waals surface area contributed by atoms with Crippen LogP contribution in [0.3, 0.4) is 0 Å². The number of nitrogens with zero attached hydrogens (tertiary/aromatic N) is 1. The highest BCUT2D eigenvalue weighted by molar-refractivity contribution is 5.80. The van der Waals surface area contributed by atoms with Gasteiger partial charge in [-0.05, 0) is 12.8 Å². The second kappa shape index (κ2) is 3.87. The molecule has 1 heterocycles. The summed E-state index contributed by atoms with van der Waals surface area (Å²) in [5.74, 6) is 0.147. The first-order chi connectivity index (χ1) is 6.32. The monoisotopic (exact) mass is 200 g/mol. The Balaban J connectivity index is 2.67. The summed E-state index contributed by atoms with van der Waals surface area (Å²) in [4.78, 5) is 13.1. The van der Waals surface area contributed by atoms with Crippen LogP contribution in [0.1, 0.15) is 27.2 Å². The molecule has 4 heteroatoms. The van der Waals surface area contributed by atoms with Crippen molar-refractivity contribution in [2.45, 2.75) is 38.8 Å². The van der Waals surface area contributed by atoms with Gasteiger partial charge in [0.1, 0.15) is 0 Å². The number of rotatable bonds is 3. The van der Waals surface area contributed by atoms with Crippen molar-refractivity contribution in [2.24, 2.45) is 11.7 Å². The minimum Gasteiger partial charge on any atom is -0.389 e. The van der Waals surface area contributed by atoms with E-state index in [1.54, 1.807) is 6.92 Å². The normalized spacial score (nSPS) is 33.9. The lowest BCUT2D eigenvalue weighted by atomic mass is 10.0. The third-order valence-electron chi connectivity index (χ3n) is 2.55. The number of β-amino-alcohol motifs (C(OH)–C–C–N with tert-alkyl or cyclic N) is 1. The molecule has 0 aromatic carbocycles. The standard InChI is InChI=1S/C10H20N2O2/c1-7(2)5-12-6-10(3,14)4-8(12)9(11)13/h7-8,14H,4-6H2,1-3H3,(H2,11,13)/t8-,10?/m0/s1. The predicted molar refractivity (Wildman–Crippen MR) is 54.6 cm³/mol. The van der Waals surface area contributed by atoms with Gasteiger partial charge < -0.3 is 10.8 Å². The zero-order valence-electron chi connectivity index (χ0n) is 9.16. The molecule has 14 heavy (non-hydrogen) atoms. The molecule has 2 atom stereocenters. The van der Waals surface area contributed by atoms with E-state index >= 15 is 0 Å². The van der Waals surface area contributed by atoms with Gasteiger partial charge in [-0.1, -0.05) is 13.8 Å². The largest absolute Gasteiger partial charge is 0.389 e. The fraction of sp³-hybridized carbons (Fsp3) is 0.900. The maximum absolute atomic E-state index is 11.2. The molecule has 1 aliphatic heterocycles.